The molecule has 4 atom stereocenters. The van der Waals surface area contributed by atoms with Gasteiger partial charge in [0.25, 0.3) is 0 Å². The molecule has 0 N–H and O–H groups in total. The first kappa shape index (κ1) is 12.1. The molecule has 1 aliphatic carbocycles. The van der Waals surface area contributed by atoms with Gasteiger partial charge in [0.15, 0.2) is 5.79 Å². The van der Waals surface area contributed by atoms with Gasteiger partial charge in [-0.05, 0) is 32.1 Å². The van der Waals surface area contributed by atoms with Crippen LogP contribution in [-0.4, -0.2) is 18.0 Å². The van der Waals surface area contributed by atoms with Crippen LogP contribution in [0.15, 0.2) is 12.2 Å². The Hall–Kier alpha value is -0.340. The summed E-state index contributed by atoms with van der Waals surface area (Å²) in [6, 6.07) is 0. The number of allylic oxidation sites excluding steroid dienone is 1. The first-order valence-electron chi connectivity index (χ1n) is 6.31. The molecule has 1 aliphatic heterocycles. The second-order valence-electron chi connectivity index (χ2n) is 6.04. The Morgan fingerprint density at radius 1 is 1.19 bits per heavy atom. The van der Waals surface area contributed by atoms with Gasteiger partial charge in [0.05, 0.1) is 12.2 Å². The predicted molar refractivity (Wildman–Crippen MR) is 65.1 cm³/mol. The van der Waals surface area contributed by atoms with E-state index >= 15 is 0 Å². The molecule has 2 rings (SSSR count). The van der Waals surface area contributed by atoms with Gasteiger partial charge < -0.3 is 9.47 Å². The summed E-state index contributed by atoms with van der Waals surface area (Å²) in [5, 5.41) is 0. The van der Waals surface area contributed by atoms with Crippen LogP contribution in [0.4, 0.5) is 0 Å². The van der Waals surface area contributed by atoms with Gasteiger partial charge in [-0.3, -0.25) is 0 Å². The molecule has 16 heavy (non-hydrogen) atoms. The van der Waals surface area contributed by atoms with Crippen molar-refractivity contribution < 1.29 is 9.47 Å². The van der Waals surface area contributed by atoms with Gasteiger partial charge in [-0.2, -0.15) is 0 Å². The Labute approximate surface area is 99.0 Å². The Bertz CT molecular complexity index is 300. The number of ether oxygens (including phenoxy) is 2. The summed E-state index contributed by atoms with van der Waals surface area (Å²) in [7, 11) is 0. The minimum absolute atomic E-state index is 0.157. The molecule has 92 valence electrons. The van der Waals surface area contributed by atoms with Crippen molar-refractivity contribution in [3.63, 3.8) is 0 Å². The van der Waals surface area contributed by atoms with E-state index in [1.54, 1.807) is 0 Å². The highest BCUT2D eigenvalue weighted by molar-refractivity contribution is 5.14. The largest absolute Gasteiger partial charge is 0.344 e. The minimum atomic E-state index is -0.341. The third kappa shape index (κ3) is 1.63. The third-order valence-corrected chi connectivity index (χ3v) is 4.78. The lowest BCUT2D eigenvalue weighted by Gasteiger charge is -2.30. The second-order valence-corrected chi connectivity index (χ2v) is 6.04. The fraction of sp³-hybridized carbons (Fsp3) is 0.857. The van der Waals surface area contributed by atoms with Crippen molar-refractivity contribution in [1.29, 1.82) is 0 Å². The lowest BCUT2D eigenvalue weighted by Crippen LogP contribution is -2.29. The Kier molecular flexibility index (Phi) is 2.71. The molecule has 2 heteroatoms. The summed E-state index contributed by atoms with van der Waals surface area (Å²) in [4.78, 5) is 0. The van der Waals surface area contributed by atoms with Crippen LogP contribution in [0.5, 0.6) is 0 Å². The Morgan fingerprint density at radius 3 is 2.06 bits per heavy atom. The van der Waals surface area contributed by atoms with E-state index in [9.17, 15) is 0 Å². The normalized spacial score (nSPS) is 46.4. The molecule has 1 heterocycles. The maximum atomic E-state index is 6.07. The van der Waals surface area contributed by atoms with Crippen molar-refractivity contribution in [1.82, 2.24) is 0 Å². The molecule has 0 radical (unpaired) electrons. The topological polar surface area (TPSA) is 18.5 Å². The monoisotopic (exact) mass is 224 g/mol. The van der Waals surface area contributed by atoms with E-state index in [-0.39, 0.29) is 23.4 Å². The molecule has 1 saturated carbocycles. The lowest BCUT2D eigenvalue weighted by molar-refractivity contribution is -0.172. The van der Waals surface area contributed by atoms with Gasteiger partial charge >= 0.3 is 0 Å². The van der Waals surface area contributed by atoms with Crippen LogP contribution >= 0.6 is 0 Å². The standard InChI is InChI=1S/C14H24O2/c1-9(2)13(6)8-14(7-10(13)3)15-11(4)12(5)16-14/h10-12H,1,7-8H2,2-6H3/t10-,11+,12+,13-/m0/s1. The molecule has 0 aromatic carbocycles. The summed E-state index contributed by atoms with van der Waals surface area (Å²) >= 11 is 0. The number of hydrogen-bond donors (Lipinski definition) is 0. The molecule has 2 fully saturated rings. The second kappa shape index (κ2) is 3.58. The maximum Gasteiger partial charge on any atom is 0.170 e. The highest BCUT2D eigenvalue weighted by atomic mass is 16.8. The molecule has 0 aromatic heterocycles. The zero-order chi connectivity index (χ0) is 12.1. The van der Waals surface area contributed by atoms with Gasteiger partial charge in [-0.15, -0.1) is 0 Å². The third-order valence-electron chi connectivity index (χ3n) is 4.78. The Balaban J connectivity index is 2.21. The van der Waals surface area contributed by atoms with Crippen LogP contribution in [-0.2, 0) is 9.47 Å². The van der Waals surface area contributed by atoms with Crippen molar-refractivity contribution in [2.24, 2.45) is 11.3 Å². The molecule has 1 spiro atoms. The molecule has 0 amide bonds. The molecule has 1 saturated heterocycles. The molecule has 0 aromatic rings. The van der Waals surface area contributed by atoms with Gasteiger partial charge in [-0.25, -0.2) is 0 Å². The highest BCUT2D eigenvalue weighted by Gasteiger charge is 2.56. The molecule has 2 aliphatic rings. The zero-order valence-corrected chi connectivity index (χ0v) is 11.2. The lowest BCUT2D eigenvalue weighted by atomic mass is 9.75. The van der Waals surface area contributed by atoms with Gasteiger partial charge in [0.2, 0.25) is 0 Å². The summed E-state index contributed by atoms with van der Waals surface area (Å²) in [6.45, 7) is 15.0. The van der Waals surface area contributed by atoms with Crippen LogP contribution in [0.1, 0.15) is 47.5 Å². The van der Waals surface area contributed by atoms with Crippen LogP contribution in [0.2, 0.25) is 0 Å². The predicted octanol–water partition coefficient (Wildman–Crippen LogP) is 3.52. The molecule has 0 unspecified atom stereocenters. The molecular formula is C14H24O2. The Morgan fingerprint density at radius 2 is 1.69 bits per heavy atom. The van der Waals surface area contributed by atoms with E-state index in [0.717, 1.165) is 12.8 Å². The van der Waals surface area contributed by atoms with E-state index in [0.29, 0.717) is 5.92 Å². The van der Waals surface area contributed by atoms with Gasteiger partial charge in [-0.1, -0.05) is 26.0 Å². The van der Waals surface area contributed by atoms with E-state index in [1.165, 1.54) is 5.57 Å². The van der Waals surface area contributed by atoms with Crippen LogP contribution in [0.3, 0.4) is 0 Å². The number of rotatable bonds is 1. The number of hydrogen-bond acceptors (Lipinski definition) is 2. The molecular weight excluding hydrogens is 200 g/mol. The average Bonchev–Trinajstić information content (AvgIpc) is 2.53. The SMILES string of the molecule is C=C(C)[C@]1(C)CC2(C[C@@H]1C)O[C@H](C)[C@@H](C)O2. The smallest absolute Gasteiger partial charge is 0.170 e. The minimum Gasteiger partial charge on any atom is -0.344 e. The summed E-state index contributed by atoms with van der Waals surface area (Å²) in [5.41, 5.74) is 1.40. The van der Waals surface area contributed by atoms with Crippen LogP contribution in [0.25, 0.3) is 0 Å². The van der Waals surface area contributed by atoms with E-state index in [4.69, 9.17) is 9.47 Å². The first-order valence-corrected chi connectivity index (χ1v) is 6.31. The first-order chi connectivity index (χ1) is 7.29. The summed E-state index contributed by atoms with van der Waals surface area (Å²) in [5.74, 6) is 0.230. The zero-order valence-electron chi connectivity index (χ0n) is 11.2. The highest BCUT2D eigenvalue weighted by Crippen LogP contribution is 2.56. The van der Waals surface area contributed by atoms with Crippen LogP contribution in [0, 0.1) is 11.3 Å². The van der Waals surface area contributed by atoms with Crippen molar-refractivity contribution in [2.45, 2.75) is 65.5 Å². The summed E-state index contributed by atoms with van der Waals surface area (Å²) < 4.78 is 12.1. The van der Waals surface area contributed by atoms with Crippen molar-refractivity contribution in [3.05, 3.63) is 12.2 Å². The fourth-order valence-electron chi connectivity index (χ4n) is 3.15. The fourth-order valence-corrected chi connectivity index (χ4v) is 3.15. The van der Waals surface area contributed by atoms with Gasteiger partial charge in [0, 0.05) is 12.8 Å². The van der Waals surface area contributed by atoms with Crippen LogP contribution < -0.4 is 0 Å². The molecule has 2 nitrogen and oxygen atoms in total. The maximum absolute atomic E-state index is 6.07. The van der Waals surface area contributed by atoms with Gasteiger partial charge in [0.1, 0.15) is 0 Å². The van der Waals surface area contributed by atoms with E-state index in [2.05, 4.69) is 41.2 Å². The average molecular weight is 224 g/mol. The van der Waals surface area contributed by atoms with Crippen molar-refractivity contribution in [3.8, 4) is 0 Å². The summed E-state index contributed by atoms with van der Waals surface area (Å²) in [6.07, 6.45) is 2.36. The van der Waals surface area contributed by atoms with Crippen molar-refractivity contribution in [2.75, 3.05) is 0 Å². The van der Waals surface area contributed by atoms with E-state index in [1.807, 2.05) is 0 Å². The van der Waals surface area contributed by atoms with Crippen molar-refractivity contribution >= 4 is 0 Å². The molecule has 0 bridgehead atoms. The quantitative estimate of drug-likeness (QED) is 0.634. The van der Waals surface area contributed by atoms with E-state index < -0.39 is 0 Å².